The first kappa shape index (κ1) is 11.4. The lowest BCUT2D eigenvalue weighted by atomic mass is 9.89. The van der Waals surface area contributed by atoms with Gasteiger partial charge in [-0.05, 0) is 71.1 Å². The Balaban J connectivity index is 1.60. The monoisotopic (exact) mass is 294 g/mol. The van der Waals surface area contributed by atoms with Gasteiger partial charge in [-0.1, -0.05) is 6.42 Å². The van der Waals surface area contributed by atoms with E-state index in [2.05, 4.69) is 27.3 Å². The molecule has 2 bridgehead atoms. The number of nitrogen functional groups attached to an aromatic ring is 1. The molecule has 3 N–H and O–H groups in total. The Morgan fingerprint density at radius 3 is 2.82 bits per heavy atom. The lowest BCUT2D eigenvalue weighted by Crippen LogP contribution is -2.20. The highest BCUT2D eigenvalue weighted by molar-refractivity contribution is 9.10. The zero-order valence-electron chi connectivity index (χ0n) is 9.95. The maximum absolute atomic E-state index is 5.74. The van der Waals surface area contributed by atoms with Gasteiger partial charge in [-0.25, -0.2) is 0 Å². The van der Waals surface area contributed by atoms with Crippen molar-refractivity contribution >= 4 is 27.3 Å². The summed E-state index contributed by atoms with van der Waals surface area (Å²) < 4.78 is 1.07. The van der Waals surface area contributed by atoms with Gasteiger partial charge in [-0.2, -0.15) is 0 Å². The van der Waals surface area contributed by atoms with Gasteiger partial charge < -0.3 is 11.1 Å². The molecule has 2 saturated carbocycles. The van der Waals surface area contributed by atoms with Crippen LogP contribution in [0.5, 0.6) is 0 Å². The van der Waals surface area contributed by atoms with Gasteiger partial charge in [0.15, 0.2) is 0 Å². The molecule has 1 aromatic rings. The third kappa shape index (κ3) is 2.30. The van der Waals surface area contributed by atoms with Crippen LogP contribution in [0.3, 0.4) is 0 Å². The first-order valence-corrected chi connectivity index (χ1v) is 7.30. The molecule has 92 valence electrons. The Morgan fingerprint density at radius 1 is 1.29 bits per heavy atom. The number of halogens is 1. The number of nitrogens with two attached hydrogens (primary N) is 1. The van der Waals surface area contributed by atoms with Crippen LogP contribution >= 0.6 is 15.9 Å². The first-order chi connectivity index (χ1) is 8.22. The predicted octanol–water partition coefficient (Wildman–Crippen LogP) is 3.88. The Bertz CT molecular complexity index is 419. The maximum atomic E-state index is 5.74. The summed E-state index contributed by atoms with van der Waals surface area (Å²) in [6.45, 7) is 1.11. The van der Waals surface area contributed by atoms with Crippen LogP contribution in [0.25, 0.3) is 0 Å². The second-order valence-corrected chi connectivity index (χ2v) is 6.41. The van der Waals surface area contributed by atoms with Gasteiger partial charge in [-0.3, -0.25) is 0 Å². The van der Waals surface area contributed by atoms with Gasteiger partial charge in [0.1, 0.15) is 0 Å². The highest BCUT2D eigenvalue weighted by atomic mass is 79.9. The van der Waals surface area contributed by atoms with E-state index in [1.165, 1.54) is 31.4 Å². The Morgan fingerprint density at radius 2 is 2.18 bits per heavy atom. The summed E-state index contributed by atoms with van der Waals surface area (Å²) in [6, 6.07) is 5.98. The summed E-state index contributed by atoms with van der Waals surface area (Å²) in [4.78, 5) is 0. The highest BCUT2D eigenvalue weighted by Crippen LogP contribution is 2.48. The van der Waals surface area contributed by atoms with Crippen molar-refractivity contribution < 1.29 is 0 Å². The van der Waals surface area contributed by atoms with Crippen LogP contribution in [0, 0.1) is 17.8 Å². The SMILES string of the molecule is Nc1ccc(NCC2CC3CCC2C3)c(Br)c1. The number of hydrogen-bond acceptors (Lipinski definition) is 2. The van der Waals surface area contributed by atoms with E-state index in [4.69, 9.17) is 5.73 Å². The van der Waals surface area contributed by atoms with Crippen LogP contribution in [-0.2, 0) is 0 Å². The number of anilines is 2. The maximum Gasteiger partial charge on any atom is 0.0486 e. The predicted molar refractivity (Wildman–Crippen MR) is 76.0 cm³/mol. The van der Waals surface area contributed by atoms with Crippen LogP contribution < -0.4 is 11.1 Å². The largest absolute Gasteiger partial charge is 0.399 e. The fourth-order valence-corrected chi connectivity index (χ4v) is 4.08. The normalized spacial score (nSPS) is 30.8. The van der Waals surface area contributed by atoms with E-state index in [0.29, 0.717) is 0 Å². The van der Waals surface area contributed by atoms with Crippen LogP contribution in [0.1, 0.15) is 25.7 Å². The average Bonchev–Trinajstić information content (AvgIpc) is 2.89. The quantitative estimate of drug-likeness (QED) is 0.830. The molecular weight excluding hydrogens is 276 g/mol. The van der Waals surface area contributed by atoms with E-state index < -0.39 is 0 Å². The molecule has 1 aromatic carbocycles. The summed E-state index contributed by atoms with van der Waals surface area (Å²) in [5.74, 6) is 2.90. The van der Waals surface area contributed by atoms with Gasteiger partial charge in [0.25, 0.3) is 0 Å². The summed E-state index contributed by atoms with van der Waals surface area (Å²) >= 11 is 3.56. The van der Waals surface area contributed by atoms with Crippen molar-refractivity contribution in [1.82, 2.24) is 0 Å². The molecule has 17 heavy (non-hydrogen) atoms. The molecule has 3 unspecified atom stereocenters. The minimum atomic E-state index is 0.808. The minimum absolute atomic E-state index is 0.808. The van der Waals surface area contributed by atoms with E-state index in [0.717, 1.165) is 34.5 Å². The first-order valence-electron chi connectivity index (χ1n) is 6.51. The fourth-order valence-electron chi connectivity index (χ4n) is 3.54. The zero-order valence-corrected chi connectivity index (χ0v) is 11.5. The van der Waals surface area contributed by atoms with Crippen molar-refractivity contribution in [2.45, 2.75) is 25.7 Å². The van der Waals surface area contributed by atoms with Crippen molar-refractivity contribution in [2.24, 2.45) is 17.8 Å². The summed E-state index contributed by atoms with van der Waals surface area (Å²) in [5.41, 5.74) is 7.71. The smallest absolute Gasteiger partial charge is 0.0486 e. The second kappa shape index (κ2) is 4.52. The molecule has 2 fully saturated rings. The minimum Gasteiger partial charge on any atom is -0.399 e. The molecule has 3 atom stereocenters. The lowest BCUT2D eigenvalue weighted by molar-refractivity contribution is 0.348. The molecule has 0 aromatic heterocycles. The van der Waals surface area contributed by atoms with Crippen molar-refractivity contribution in [3.63, 3.8) is 0 Å². The van der Waals surface area contributed by atoms with Crippen molar-refractivity contribution in [3.8, 4) is 0 Å². The van der Waals surface area contributed by atoms with Crippen LogP contribution in [0.4, 0.5) is 11.4 Å². The summed E-state index contributed by atoms with van der Waals surface area (Å²) in [7, 11) is 0. The molecule has 0 saturated heterocycles. The highest BCUT2D eigenvalue weighted by Gasteiger charge is 2.38. The molecule has 2 aliphatic rings. The summed E-state index contributed by atoms with van der Waals surface area (Å²) in [5, 5.41) is 3.56. The van der Waals surface area contributed by atoms with E-state index in [1.54, 1.807) is 0 Å². The van der Waals surface area contributed by atoms with Crippen LogP contribution in [0.15, 0.2) is 22.7 Å². The molecule has 2 aliphatic carbocycles. The molecule has 0 radical (unpaired) electrons. The van der Waals surface area contributed by atoms with Crippen molar-refractivity contribution in [1.29, 1.82) is 0 Å². The number of rotatable bonds is 3. The van der Waals surface area contributed by atoms with Gasteiger partial charge in [0, 0.05) is 22.4 Å². The van der Waals surface area contributed by atoms with E-state index in [9.17, 15) is 0 Å². The Kier molecular flexibility index (Phi) is 3.03. The zero-order chi connectivity index (χ0) is 11.8. The number of hydrogen-bond donors (Lipinski definition) is 2. The molecular formula is C14H19BrN2. The number of nitrogens with one attached hydrogen (secondary N) is 1. The number of benzene rings is 1. The summed E-state index contributed by atoms with van der Waals surface area (Å²) in [6.07, 6.45) is 5.85. The van der Waals surface area contributed by atoms with Gasteiger partial charge >= 0.3 is 0 Å². The molecule has 0 spiro atoms. The van der Waals surface area contributed by atoms with Crippen LogP contribution in [-0.4, -0.2) is 6.54 Å². The standard InChI is InChI=1S/C14H19BrN2/c15-13-7-12(16)3-4-14(13)17-8-11-6-9-1-2-10(11)5-9/h3-4,7,9-11,17H,1-2,5-6,8,16H2. The van der Waals surface area contributed by atoms with Gasteiger partial charge in [0.05, 0.1) is 0 Å². The second-order valence-electron chi connectivity index (χ2n) is 5.56. The third-order valence-electron chi connectivity index (χ3n) is 4.43. The van der Waals surface area contributed by atoms with Crippen molar-refractivity contribution in [2.75, 3.05) is 17.6 Å². The third-order valence-corrected chi connectivity index (χ3v) is 5.09. The lowest BCUT2D eigenvalue weighted by Gasteiger charge is -2.22. The van der Waals surface area contributed by atoms with E-state index >= 15 is 0 Å². The van der Waals surface area contributed by atoms with Gasteiger partial charge in [0.2, 0.25) is 0 Å². The molecule has 3 heteroatoms. The van der Waals surface area contributed by atoms with Crippen molar-refractivity contribution in [3.05, 3.63) is 22.7 Å². The topological polar surface area (TPSA) is 38.0 Å². The van der Waals surface area contributed by atoms with Crippen LogP contribution in [0.2, 0.25) is 0 Å². The van der Waals surface area contributed by atoms with E-state index in [1.807, 2.05) is 12.1 Å². The van der Waals surface area contributed by atoms with E-state index in [-0.39, 0.29) is 0 Å². The van der Waals surface area contributed by atoms with Gasteiger partial charge in [-0.15, -0.1) is 0 Å². The molecule has 2 nitrogen and oxygen atoms in total. The molecule has 0 aliphatic heterocycles. The average molecular weight is 295 g/mol. The molecule has 0 amide bonds. The Hall–Kier alpha value is -0.700. The number of fused-ring (bicyclic) bond motifs is 2. The fraction of sp³-hybridized carbons (Fsp3) is 0.571. The Labute approximate surface area is 111 Å². The molecule has 3 rings (SSSR count). The molecule has 0 heterocycles.